The average molecular weight is 261 g/mol. The number of carbonyl (C=O) groups excluding carboxylic acids is 1. The lowest BCUT2D eigenvalue weighted by molar-refractivity contribution is -0.141. The number of allylic oxidation sites excluding steroid dienone is 3. The van der Waals surface area contributed by atoms with Crippen LogP contribution in [0.25, 0.3) is 0 Å². The minimum Gasteiger partial charge on any atom is -0.464 e. The zero-order chi connectivity index (χ0) is 14.5. The normalized spacial score (nSPS) is 9.47. The Morgan fingerprint density at radius 3 is 2.53 bits per heavy atom. The van der Waals surface area contributed by atoms with E-state index in [-0.39, 0.29) is 11.5 Å². The van der Waals surface area contributed by atoms with Gasteiger partial charge < -0.3 is 9.64 Å². The lowest BCUT2D eigenvalue weighted by atomic mass is 10.3. The van der Waals surface area contributed by atoms with Gasteiger partial charge in [0.15, 0.2) is 0 Å². The van der Waals surface area contributed by atoms with Gasteiger partial charge in [-0.1, -0.05) is 13.3 Å². The molecule has 0 saturated carbocycles. The van der Waals surface area contributed by atoms with Crippen LogP contribution in [0.2, 0.25) is 0 Å². The molecule has 0 amide bonds. The molecular formula is C14H19N3O2. The molecule has 0 unspecified atom stereocenters. The number of nitriles is 2. The molecule has 0 aromatic carbocycles. The van der Waals surface area contributed by atoms with E-state index >= 15 is 0 Å². The van der Waals surface area contributed by atoms with Crippen molar-refractivity contribution in [3.8, 4) is 12.1 Å². The summed E-state index contributed by atoms with van der Waals surface area (Å²) in [5.41, 5.74) is 0.0617. The second-order valence-electron chi connectivity index (χ2n) is 3.88. The van der Waals surface area contributed by atoms with Gasteiger partial charge in [0.05, 0.1) is 6.54 Å². The van der Waals surface area contributed by atoms with E-state index in [0.717, 1.165) is 19.4 Å². The zero-order valence-electron chi connectivity index (χ0n) is 11.4. The number of hydrogen-bond donors (Lipinski definition) is 0. The summed E-state index contributed by atoms with van der Waals surface area (Å²) in [6.07, 6.45) is 7.01. The maximum Gasteiger partial charge on any atom is 0.302 e. The fourth-order valence-electron chi connectivity index (χ4n) is 1.29. The Morgan fingerprint density at radius 1 is 1.32 bits per heavy atom. The average Bonchev–Trinajstić information content (AvgIpc) is 2.39. The van der Waals surface area contributed by atoms with Crippen LogP contribution in [0.4, 0.5) is 0 Å². The molecule has 0 atom stereocenters. The minimum atomic E-state index is -0.296. The molecule has 0 spiro atoms. The number of ether oxygens (including phenoxy) is 1. The summed E-state index contributed by atoms with van der Waals surface area (Å²) in [5.74, 6) is -0.296. The molecule has 0 aliphatic rings. The van der Waals surface area contributed by atoms with E-state index in [1.165, 1.54) is 13.0 Å². The molecule has 0 aromatic rings. The fraction of sp³-hybridized carbons (Fsp3) is 0.500. The van der Waals surface area contributed by atoms with E-state index in [0.29, 0.717) is 13.2 Å². The summed E-state index contributed by atoms with van der Waals surface area (Å²) in [7, 11) is 0. The lowest BCUT2D eigenvalue weighted by Crippen LogP contribution is -2.24. The largest absolute Gasteiger partial charge is 0.464 e. The molecule has 0 aliphatic carbocycles. The van der Waals surface area contributed by atoms with Gasteiger partial charge in [-0.25, -0.2) is 0 Å². The summed E-state index contributed by atoms with van der Waals surface area (Å²) >= 11 is 0. The van der Waals surface area contributed by atoms with E-state index in [2.05, 4.69) is 6.92 Å². The molecule has 19 heavy (non-hydrogen) atoms. The van der Waals surface area contributed by atoms with Crippen molar-refractivity contribution in [3.63, 3.8) is 0 Å². The molecule has 0 rings (SSSR count). The summed E-state index contributed by atoms with van der Waals surface area (Å²) in [6.45, 7) is 5.24. The van der Waals surface area contributed by atoms with Crippen molar-refractivity contribution < 1.29 is 9.53 Å². The first-order valence-electron chi connectivity index (χ1n) is 6.20. The van der Waals surface area contributed by atoms with Crippen LogP contribution in [0.15, 0.2) is 23.9 Å². The Kier molecular flexibility index (Phi) is 9.56. The molecule has 102 valence electrons. The maximum absolute atomic E-state index is 10.7. The van der Waals surface area contributed by atoms with Crippen molar-refractivity contribution in [1.29, 1.82) is 10.5 Å². The highest BCUT2D eigenvalue weighted by Crippen LogP contribution is 1.98. The Hall–Kier alpha value is -2.27. The van der Waals surface area contributed by atoms with Crippen LogP contribution in [-0.4, -0.2) is 30.6 Å². The third kappa shape index (κ3) is 9.43. The summed E-state index contributed by atoms with van der Waals surface area (Å²) < 4.78 is 4.89. The lowest BCUT2D eigenvalue weighted by Gasteiger charge is -2.19. The Labute approximate surface area is 114 Å². The van der Waals surface area contributed by atoms with E-state index in [9.17, 15) is 4.79 Å². The monoisotopic (exact) mass is 261 g/mol. The molecule has 0 fully saturated rings. The topological polar surface area (TPSA) is 77.1 Å². The van der Waals surface area contributed by atoms with Gasteiger partial charge in [0.2, 0.25) is 0 Å². The Morgan fingerprint density at radius 2 is 2.00 bits per heavy atom. The molecule has 0 saturated heterocycles. The zero-order valence-corrected chi connectivity index (χ0v) is 11.4. The predicted octanol–water partition coefficient (Wildman–Crippen LogP) is 2.14. The highest BCUT2D eigenvalue weighted by Gasteiger charge is 2.00. The quantitative estimate of drug-likeness (QED) is 0.380. The molecule has 0 bridgehead atoms. The van der Waals surface area contributed by atoms with Gasteiger partial charge in [-0.3, -0.25) is 4.79 Å². The van der Waals surface area contributed by atoms with Crippen LogP contribution in [-0.2, 0) is 9.53 Å². The number of unbranched alkanes of at least 4 members (excludes halogenated alkanes) is 1. The summed E-state index contributed by atoms with van der Waals surface area (Å²) in [5, 5.41) is 17.2. The molecule has 5 heteroatoms. The van der Waals surface area contributed by atoms with E-state index < -0.39 is 0 Å². The molecule has 0 aromatic heterocycles. The highest BCUT2D eigenvalue weighted by atomic mass is 16.5. The standard InChI is InChI=1S/C14H19N3O2/c1-3-4-7-17(9-10-19-13(2)18)8-5-6-14(11-15)12-16/h5-6,8H,3-4,7,9-10H2,1-2H3/b8-5+. The number of esters is 1. The number of nitrogens with zero attached hydrogens (tertiary/aromatic N) is 3. The van der Waals surface area contributed by atoms with Crippen LogP contribution < -0.4 is 0 Å². The smallest absolute Gasteiger partial charge is 0.302 e. The maximum atomic E-state index is 10.7. The van der Waals surface area contributed by atoms with Gasteiger partial charge in [-0.15, -0.1) is 0 Å². The van der Waals surface area contributed by atoms with Gasteiger partial charge >= 0.3 is 5.97 Å². The van der Waals surface area contributed by atoms with Crippen LogP contribution in [0.5, 0.6) is 0 Å². The summed E-state index contributed by atoms with van der Waals surface area (Å²) in [6, 6.07) is 3.58. The number of carbonyl (C=O) groups is 1. The van der Waals surface area contributed by atoms with Crippen molar-refractivity contribution in [2.45, 2.75) is 26.7 Å². The van der Waals surface area contributed by atoms with Crippen molar-refractivity contribution >= 4 is 5.97 Å². The van der Waals surface area contributed by atoms with E-state index in [1.807, 2.05) is 4.90 Å². The molecule has 0 heterocycles. The SMILES string of the molecule is CCCCN(/C=C/C=C(C#N)C#N)CCOC(C)=O. The number of rotatable bonds is 8. The van der Waals surface area contributed by atoms with Gasteiger partial charge in [-0.05, 0) is 24.8 Å². The third-order valence-corrected chi connectivity index (χ3v) is 2.28. The van der Waals surface area contributed by atoms with Crippen molar-refractivity contribution in [3.05, 3.63) is 23.9 Å². The van der Waals surface area contributed by atoms with E-state index in [4.69, 9.17) is 15.3 Å². The van der Waals surface area contributed by atoms with Gasteiger partial charge in [-0.2, -0.15) is 10.5 Å². The second-order valence-corrected chi connectivity index (χ2v) is 3.88. The highest BCUT2D eigenvalue weighted by molar-refractivity contribution is 5.65. The second kappa shape index (κ2) is 10.9. The van der Waals surface area contributed by atoms with Crippen molar-refractivity contribution in [1.82, 2.24) is 4.90 Å². The molecular weight excluding hydrogens is 242 g/mol. The van der Waals surface area contributed by atoms with Crippen LogP contribution in [0, 0.1) is 22.7 Å². The fourth-order valence-corrected chi connectivity index (χ4v) is 1.29. The van der Waals surface area contributed by atoms with Crippen LogP contribution in [0.3, 0.4) is 0 Å². The van der Waals surface area contributed by atoms with Gasteiger partial charge in [0.1, 0.15) is 24.3 Å². The van der Waals surface area contributed by atoms with Crippen molar-refractivity contribution in [2.24, 2.45) is 0 Å². The first-order chi connectivity index (χ1) is 9.13. The predicted molar refractivity (Wildman–Crippen MR) is 71.6 cm³/mol. The third-order valence-electron chi connectivity index (χ3n) is 2.28. The van der Waals surface area contributed by atoms with Gasteiger partial charge in [0.25, 0.3) is 0 Å². The first kappa shape index (κ1) is 16.7. The van der Waals surface area contributed by atoms with Crippen LogP contribution in [0.1, 0.15) is 26.7 Å². The number of hydrogen-bond acceptors (Lipinski definition) is 5. The minimum absolute atomic E-state index is 0.0617. The summed E-state index contributed by atoms with van der Waals surface area (Å²) in [4.78, 5) is 12.7. The van der Waals surface area contributed by atoms with Gasteiger partial charge in [0, 0.05) is 13.5 Å². The molecule has 0 N–H and O–H groups in total. The van der Waals surface area contributed by atoms with Crippen LogP contribution >= 0.6 is 0 Å². The Bertz CT molecular complexity index is 397. The van der Waals surface area contributed by atoms with Crippen molar-refractivity contribution in [2.75, 3.05) is 19.7 Å². The Balaban J connectivity index is 4.38. The first-order valence-corrected chi connectivity index (χ1v) is 6.20. The molecule has 0 radical (unpaired) electrons. The molecule has 0 aliphatic heterocycles. The van der Waals surface area contributed by atoms with E-state index in [1.54, 1.807) is 24.4 Å². The molecule has 5 nitrogen and oxygen atoms in total.